The van der Waals surface area contributed by atoms with Gasteiger partial charge < -0.3 is 16.0 Å². The van der Waals surface area contributed by atoms with Crippen LogP contribution in [-0.2, 0) is 21.4 Å². The first kappa shape index (κ1) is 23.7. The fraction of sp³-hybridized carbons (Fsp3) is 0.364. The van der Waals surface area contributed by atoms with E-state index in [1.54, 1.807) is 24.3 Å². The molecule has 10 heteroatoms. The highest BCUT2D eigenvalue weighted by molar-refractivity contribution is 7.89. The maximum Gasteiger partial charge on any atom is 0.315 e. The van der Waals surface area contributed by atoms with Crippen LogP contribution in [0, 0.1) is 5.82 Å². The smallest absolute Gasteiger partial charge is 0.315 e. The van der Waals surface area contributed by atoms with Crippen LogP contribution in [0.2, 0.25) is 0 Å². The topological polar surface area (TPSA) is 116 Å². The number of amides is 3. The normalized spacial score (nSPS) is 14.4. The summed E-state index contributed by atoms with van der Waals surface area (Å²) in [6.07, 6.45) is 2.69. The molecule has 32 heavy (non-hydrogen) atoms. The van der Waals surface area contributed by atoms with Crippen LogP contribution in [0.1, 0.15) is 38.2 Å². The monoisotopic (exact) mass is 462 g/mol. The molecule has 1 fully saturated rings. The molecule has 3 amide bonds. The Bertz CT molecular complexity index is 1060. The zero-order valence-electron chi connectivity index (χ0n) is 17.7. The molecule has 1 aliphatic rings. The fourth-order valence-corrected chi connectivity index (χ4v) is 4.36. The third-order valence-electron chi connectivity index (χ3n) is 4.88. The number of nitrogens with one attached hydrogen (secondary N) is 4. The van der Waals surface area contributed by atoms with E-state index in [2.05, 4.69) is 20.7 Å². The maximum absolute atomic E-state index is 13.0. The van der Waals surface area contributed by atoms with Crippen LogP contribution in [0.4, 0.5) is 14.9 Å². The Morgan fingerprint density at radius 3 is 2.50 bits per heavy atom. The molecular weight excluding hydrogens is 435 g/mol. The van der Waals surface area contributed by atoms with Gasteiger partial charge in [0.2, 0.25) is 15.9 Å². The number of urea groups is 1. The van der Waals surface area contributed by atoms with Gasteiger partial charge in [0.05, 0.1) is 4.90 Å². The van der Waals surface area contributed by atoms with Gasteiger partial charge in [-0.05, 0) is 55.2 Å². The van der Waals surface area contributed by atoms with Gasteiger partial charge >= 0.3 is 6.03 Å². The van der Waals surface area contributed by atoms with Crippen molar-refractivity contribution < 1.29 is 22.4 Å². The molecule has 0 radical (unpaired) electrons. The van der Waals surface area contributed by atoms with Crippen LogP contribution in [0.25, 0.3) is 0 Å². The minimum Gasteiger partial charge on any atom is -0.334 e. The van der Waals surface area contributed by atoms with Crippen molar-refractivity contribution in [2.24, 2.45) is 0 Å². The lowest BCUT2D eigenvalue weighted by atomic mass is 10.1. The zero-order valence-corrected chi connectivity index (χ0v) is 18.5. The Hall–Kier alpha value is -2.98. The van der Waals surface area contributed by atoms with Crippen LogP contribution >= 0.6 is 0 Å². The zero-order chi connectivity index (χ0) is 23.1. The van der Waals surface area contributed by atoms with Crippen molar-refractivity contribution in [1.82, 2.24) is 15.4 Å². The van der Waals surface area contributed by atoms with E-state index >= 15 is 0 Å². The van der Waals surface area contributed by atoms with Gasteiger partial charge in [0, 0.05) is 18.3 Å². The first-order chi connectivity index (χ1) is 15.3. The number of sulfonamides is 1. The second kappa shape index (κ2) is 10.6. The predicted molar refractivity (Wildman–Crippen MR) is 119 cm³/mol. The number of anilines is 1. The van der Waals surface area contributed by atoms with Crippen LogP contribution in [0.15, 0.2) is 53.4 Å². The molecule has 1 unspecified atom stereocenters. The Balaban J connectivity index is 1.58. The third kappa shape index (κ3) is 7.03. The molecule has 1 saturated carbocycles. The summed E-state index contributed by atoms with van der Waals surface area (Å²) in [6, 6.07) is 10.4. The molecule has 4 N–H and O–H groups in total. The van der Waals surface area contributed by atoms with Crippen molar-refractivity contribution in [3.8, 4) is 0 Å². The molecule has 8 nitrogen and oxygen atoms in total. The minimum absolute atomic E-state index is 0.0233. The van der Waals surface area contributed by atoms with E-state index < -0.39 is 28.0 Å². The summed E-state index contributed by atoms with van der Waals surface area (Å²) in [6.45, 7) is 2.07. The summed E-state index contributed by atoms with van der Waals surface area (Å²) in [5.74, 6) is -0.813. The van der Waals surface area contributed by atoms with Gasteiger partial charge in [-0.1, -0.05) is 31.5 Å². The summed E-state index contributed by atoms with van der Waals surface area (Å²) >= 11 is 0. The molecule has 0 aliphatic heterocycles. The average molecular weight is 463 g/mol. The minimum atomic E-state index is -3.65. The van der Waals surface area contributed by atoms with Crippen LogP contribution in [0.3, 0.4) is 0 Å². The molecule has 0 spiro atoms. The highest BCUT2D eigenvalue weighted by atomic mass is 32.2. The number of benzene rings is 2. The molecular formula is C22H27FN4O4S. The first-order valence-electron chi connectivity index (χ1n) is 10.5. The van der Waals surface area contributed by atoms with Crippen molar-refractivity contribution >= 4 is 27.6 Å². The summed E-state index contributed by atoms with van der Waals surface area (Å²) in [5.41, 5.74) is 1.04. The van der Waals surface area contributed by atoms with Crippen molar-refractivity contribution in [3.05, 3.63) is 59.9 Å². The second-order valence-electron chi connectivity index (χ2n) is 7.71. The lowest BCUT2D eigenvalue weighted by Gasteiger charge is -2.18. The summed E-state index contributed by atoms with van der Waals surface area (Å²) < 4.78 is 40.4. The molecule has 3 rings (SSSR count). The lowest BCUT2D eigenvalue weighted by molar-refractivity contribution is -0.118. The van der Waals surface area contributed by atoms with Crippen LogP contribution < -0.4 is 20.7 Å². The van der Waals surface area contributed by atoms with Gasteiger partial charge in [0.15, 0.2) is 0 Å². The van der Waals surface area contributed by atoms with Gasteiger partial charge in [-0.25, -0.2) is 22.3 Å². The largest absolute Gasteiger partial charge is 0.334 e. The Morgan fingerprint density at radius 2 is 1.84 bits per heavy atom. The average Bonchev–Trinajstić information content (AvgIpc) is 3.56. The Labute approximate surface area is 187 Å². The molecule has 0 aromatic heterocycles. The van der Waals surface area contributed by atoms with Gasteiger partial charge in [0.1, 0.15) is 11.9 Å². The number of carbonyl (C=O) groups excluding carboxylic acids is 2. The molecule has 1 aliphatic carbocycles. The van der Waals surface area contributed by atoms with Crippen molar-refractivity contribution in [1.29, 1.82) is 0 Å². The molecule has 0 heterocycles. The van der Waals surface area contributed by atoms with Crippen molar-refractivity contribution in [2.45, 2.75) is 56.1 Å². The van der Waals surface area contributed by atoms with Gasteiger partial charge in [-0.3, -0.25) is 4.79 Å². The van der Waals surface area contributed by atoms with Crippen molar-refractivity contribution in [2.75, 3.05) is 5.32 Å². The van der Waals surface area contributed by atoms with Crippen LogP contribution in [-0.4, -0.2) is 32.4 Å². The standard InChI is InChI=1S/C22H27FN4O4S/c1-2-4-20(26-22(29)24-14-15-7-9-16(23)10-8-15)21(28)25-18-5-3-6-19(13-18)32(30,31)27-17-11-12-17/h3,5-10,13,17,20,27H,2,4,11-12,14H2,1H3,(H,25,28)(H2,24,26,29). The van der Waals surface area contributed by atoms with E-state index in [0.29, 0.717) is 18.5 Å². The van der Waals surface area contributed by atoms with E-state index in [4.69, 9.17) is 0 Å². The van der Waals surface area contributed by atoms with E-state index in [1.165, 1.54) is 24.3 Å². The SMILES string of the molecule is CCCC(NC(=O)NCc1ccc(F)cc1)C(=O)Nc1cccc(S(=O)(=O)NC2CC2)c1. The van der Waals surface area contributed by atoms with E-state index in [9.17, 15) is 22.4 Å². The quantitative estimate of drug-likeness (QED) is 0.434. The van der Waals surface area contributed by atoms with E-state index in [1.807, 2.05) is 6.92 Å². The van der Waals surface area contributed by atoms with Gasteiger partial charge in [0.25, 0.3) is 0 Å². The van der Waals surface area contributed by atoms with E-state index in [0.717, 1.165) is 18.4 Å². The highest BCUT2D eigenvalue weighted by Crippen LogP contribution is 2.23. The Morgan fingerprint density at radius 1 is 1.12 bits per heavy atom. The third-order valence-corrected chi connectivity index (χ3v) is 6.39. The molecule has 2 aromatic rings. The molecule has 0 bridgehead atoms. The molecule has 1 atom stereocenters. The molecule has 0 saturated heterocycles. The van der Waals surface area contributed by atoms with Crippen LogP contribution in [0.5, 0.6) is 0 Å². The number of rotatable bonds is 10. The van der Waals surface area contributed by atoms with Gasteiger partial charge in [-0.15, -0.1) is 0 Å². The second-order valence-corrected chi connectivity index (χ2v) is 9.42. The highest BCUT2D eigenvalue weighted by Gasteiger charge is 2.28. The number of carbonyl (C=O) groups is 2. The molecule has 2 aromatic carbocycles. The lowest BCUT2D eigenvalue weighted by Crippen LogP contribution is -2.47. The predicted octanol–water partition coefficient (Wildman–Crippen LogP) is 2.87. The first-order valence-corrected chi connectivity index (χ1v) is 12.0. The molecule has 172 valence electrons. The fourth-order valence-electron chi connectivity index (χ4n) is 3.01. The number of hydrogen-bond donors (Lipinski definition) is 4. The summed E-state index contributed by atoms with van der Waals surface area (Å²) in [4.78, 5) is 25.1. The maximum atomic E-state index is 13.0. The van der Waals surface area contributed by atoms with E-state index in [-0.39, 0.29) is 23.3 Å². The Kier molecular flexibility index (Phi) is 7.81. The summed E-state index contributed by atoms with van der Waals surface area (Å²) in [5, 5.41) is 7.95. The van der Waals surface area contributed by atoms with Crippen molar-refractivity contribution in [3.63, 3.8) is 0 Å². The number of hydrogen-bond acceptors (Lipinski definition) is 4. The van der Waals surface area contributed by atoms with Gasteiger partial charge in [-0.2, -0.15) is 0 Å². The number of halogens is 1. The summed E-state index contributed by atoms with van der Waals surface area (Å²) in [7, 11) is -3.65.